The van der Waals surface area contributed by atoms with Gasteiger partial charge in [-0.2, -0.15) is 0 Å². The van der Waals surface area contributed by atoms with Crippen molar-refractivity contribution in [3.63, 3.8) is 0 Å². The highest BCUT2D eigenvalue weighted by Crippen LogP contribution is 2.26. The number of ether oxygens (including phenoxy) is 1. The average molecular weight is 412 g/mol. The topological polar surface area (TPSA) is 38.3 Å². The monoisotopic (exact) mass is 411 g/mol. The number of benzene rings is 2. The Kier molecular flexibility index (Phi) is 8.63. The lowest BCUT2D eigenvalue weighted by Gasteiger charge is -2.14. The van der Waals surface area contributed by atoms with Gasteiger partial charge in [-0.05, 0) is 35.2 Å². The summed E-state index contributed by atoms with van der Waals surface area (Å²) in [5, 5.41) is 3.95. The first-order valence-corrected chi connectivity index (χ1v) is 10.4. The van der Waals surface area contributed by atoms with Crippen LogP contribution in [-0.2, 0) is 10.5 Å². The van der Waals surface area contributed by atoms with Gasteiger partial charge in [0.1, 0.15) is 12.4 Å². The fraction of sp³-hybridized carbons (Fsp3) is 0.350. The molecule has 1 N–H and O–H groups in total. The minimum Gasteiger partial charge on any atom is -0.491 e. The van der Waals surface area contributed by atoms with E-state index in [-0.39, 0.29) is 5.91 Å². The van der Waals surface area contributed by atoms with Crippen molar-refractivity contribution < 1.29 is 9.53 Å². The maximum atomic E-state index is 11.9. The van der Waals surface area contributed by atoms with Crippen LogP contribution in [0.15, 0.2) is 42.5 Å². The Morgan fingerprint density at radius 1 is 1.15 bits per heavy atom. The summed E-state index contributed by atoms with van der Waals surface area (Å²) in [6.07, 6.45) is 0. The Labute approximate surface area is 169 Å². The zero-order chi connectivity index (χ0) is 18.9. The molecule has 0 bridgehead atoms. The van der Waals surface area contributed by atoms with Crippen LogP contribution in [0.4, 0.5) is 0 Å². The van der Waals surface area contributed by atoms with Crippen LogP contribution < -0.4 is 10.1 Å². The summed E-state index contributed by atoms with van der Waals surface area (Å²) in [5.41, 5.74) is 2.22. The van der Waals surface area contributed by atoms with E-state index < -0.39 is 0 Å². The number of nitrogens with one attached hydrogen (secondary N) is 1. The summed E-state index contributed by atoms with van der Waals surface area (Å²) < 4.78 is 5.80. The van der Waals surface area contributed by atoms with Crippen LogP contribution in [0.5, 0.6) is 5.75 Å². The van der Waals surface area contributed by atoms with E-state index in [1.54, 1.807) is 6.07 Å². The van der Waals surface area contributed by atoms with Crippen molar-refractivity contribution in [1.82, 2.24) is 5.32 Å². The van der Waals surface area contributed by atoms with Crippen LogP contribution in [0.25, 0.3) is 0 Å². The Balaban J connectivity index is 1.65. The van der Waals surface area contributed by atoms with Gasteiger partial charge in [-0.15, -0.1) is 11.8 Å². The molecule has 2 aromatic rings. The standard InChI is InChI=1S/C20H23Cl2NO2S/c1-14(2)16-5-3-4-6-19(16)25-10-9-23-20(24)13-26-12-15-7-8-17(21)18(22)11-15/h3-8,11,14H,9-10,12-13H2,1-2H3,(H,23,24). The number of carbonyl (C=O) groups excluding carboxylic acids is 1. The van der Waals surface area contributed by atoms with Gasteiger partial charge in [0.2, 0.25) is 5.91 Å². The molecule has 0 aliphatic heterocycles. The molecule has 26 heavy (non-hydrogen) atoms. The molecule has 0 unspecified atom stereocenters. The van der Waals surface area contributed by atoms with Crippen molar-refractivity contribution in [2.24, 2.45) is 0 Å². The van der Waals surface area contributed by atoms with E-state index in [0.717, 1.165) is 11.3 Å². The molecule has 0 atom stereocenters. The van der Waals surface area contributed by atoms with Gasteiger partial charge < -0.3 is 10.1 Å². The van der Waals surface area contributed by atoms with E-state index >= 15 is 0 Å². The van der Waals surface area contributed by atoms with Gasteiger partial charge in [0.15, 0.2) is 0 Å². The lowest BCUT2D eigenvalue weighted by molar-refractivity contribution is -0.118. The molecule has 0 aromatic heterocycles. The van der Waals surface area contributed by atoms with Crippen molar-refractivity contribution in [2.45, 2.75) is 25.5 Å². The van der Waals surface area contributed by atoms with Crippen molar-refractivity contribution in [2.75, 3.05) is 18.9 Å². The van der Waals surface area contributed by atoms with Crippen LogP contribution in [-0.4, -0.2) is 24.8 Å². The smallest absolute Gasteiger partial charge is 0.230 e. The summed E-state index contributed by atoms with van der Waals surface area (Å²) in [4.78, 5) is 11.9. The molecule has 1 amide bonds. The van der Waals surface area contributed by atoms with E-state index in [1.165, 1.54) is 17.3 Å². The Morgan fingerprint density at radius 2 is 1.92 bits per heavy atom. The first kappa shape index (κ1) is 20.9. The lowest BCUT2D eigenvalue weighted by Crippen LogP contribution is -2.29. The quantitative estimate of drug-likeness (QED) is 0.549. The first-order valence-electron chi connectivity index (χ1n) is 8.47. The SMILES string of the molecule is CC(C)c1ccccc1OCCNC(=O)CSCc1ccc(Cl)c(Cl)c1. The van der Waals surface area contributed by atoms with E-state index in [9.17, 15) is 4.79 Å². The second-order valence-corrected chi connectivity index (χ2v) is 7.93. The number of hydrogen-bond donors (Lipinski definition) is 1. The van der Waals surface area contributed by atoms with Crippen molar-refractivity contribution in [3.05, 3.63) is 63.6 Å². The third-order valence-corrected chi connectivity index (χ3v) is 5.45. The maximum Gasteiger partial charge on any atom is 0.230 e. The summed E-state index contributed by atoms with van der Waals surface area (Å²) in [5.74, 6) is 2.38. The van der Waals surface area contributed by atoms with Crippen LogP contribution in [0.2, 0.25) is 10.0 Å². The summed E-state index contributed by atoms with van der Waals surface area (Å²) >= 11 is 13.4. The molecule has 0 heterocycles. The molecule has 6 heteroatoms. The van der Waals surface area contributed by atoms with Gasteiger partial charge in [-0.1, -0.05) is 61.3 Å². The molecular formula is C20H23Cl2NO2S. The van der Waals surface area contributed by atoms with Crippen LogP contribution in [0, 0.1) is 0 Å². The Hall–Kier alpha value is -1.36. The molecule has 3 nitrogen and oxygen atoms in total. The number of carbonyl (C=O) groups is 1. The zero-order valence-corrected chi connectivity index (χ0v) is 17.3. The Morgan fingerprint density at radius 3 is 2.65 bits per heavy atom. The second-order valence-electron chi connectivity index (χ2n) is 6.13. The molecule has 2 rings (SSSR count). The molecule has 0 fully saturated rings. The normalized spacial score (nSPS) is 10.8. The number of halogens is 2. The van der Waals surface area contributed by atoms with E-state index in [4.69, 9.17) is 27.9 Å². The zero-order valence-electron chi connectivity index (χ0n) is 14.9. The van der Waals surface area contributed by atoms with Crippen molar-refractivity contribution in [1.29, 1.82) is 0 Å². The van der Waals surface area contributed by atoms with Gasteiger partial charge >= 0.3 is 0 Å². The largest absolute Gasteiger partial charge is 0.491 e. The number of hydrogen-bond acceptors (Lipinski definition) is 3. The number of para-hydroxylation sites is 1. The minimum atomic E-state index is -0.00388. The Bertz CT molecular complexity index is 738. The van der Waals surface area contributed by atoms with Crippen LogP contribution in [0.3, 0.4) is 0 Å². The molecule has 140 valence electrons. The average Bonchev–Trinajstić information content (AvgIpc) is 2.62. The predicted molar refractivity (Wildman–Crippen MR) is 112 cm³/mol. The molecule has 0 aliphatic rings. The first-order chi connectivity index (χ1) is 12.5. The summed E-state index contributed by atoms with van der Waals surface area (Å²) in [6.45, 7) is 5.20. The second kappa shape index (κ2) is 10.7. The molecule has 0 saturated carbocycles. The van der Waals surface area contributed by atoms with Crippen LogP contribution >= 0.6 is 35.0 Å². The minimum absolute atomic E-state index is 0.00388. The van der Waals surface area contributed by atoms with Crippen LogP contribution in [0.1, 0.15) is 30.9 Å². The molecule has 0 aliphatic carbocycles. The number of rotatable bonds is 9. The molecule has 0 spiro atoms. The van der Waals surface area contributed by atoms with E-state index in [0.29, 0.717) is 40.6 Å². The molecule has 0 saturated heterocycles. The van der Waals surface area contributed by atoms with Crippen molar-refractivity contribution >= 4 is 40.9 Å². The maximum absolute atomic E-state index is 11.9. The van der Waals surface area contributed by atoms with E-state index in [2.05, 4.69) is 25.2 Å². The van der Waals surface area contributed by atoms with Gasteiger partial charge in [0, 0.05) is 5.75 Å². The lowest BCUT2D eigenvalue weighted by atomic mass is 10.0. The van der Waals surface area contributed by atoms with Gasteiger partial charge in [-0.25, -0.2) is 0 Å². The number of thioether (sulfide) groups is 1. The summed E-state index contributed by atoms with van der Waals surface area (Å²) in [7, 11) is 0. The molecule has 2 aromatic carbocycles. The predicted octanol–water partition coefficient (Wildman–Crippen LogP) is 5.55. The number of amides is 1. The molecular weight excluding hydrogens is 389 g/mol. The fourth-order valence-corrected chi connectivity index (χ4v) is 3.51. The third kappa shape index (κ3) is 6.75. The van der Waals surface area contributed by atoms with Gasteiger partial charge in [-0.3, -0.25) is 4.79 Å². The van der Waals surface area contributed by atoms with E-state index in [1.807, 2.05) is 30.3 Å². The third-order valence-electron chi connectivity index (χ3n) is 3.71. The highest BCUT2D eigenvalue weighted by molar-refractivity contribution is 7.99. The highest BCUT2D eigenvalue weighted by atomic mass is 35.5. The highest BCUT2D eigenvalue weighted by Gasteiger charge is 2.07. The van der Waals surface area contributed by atoms with Crippen molar-refractivity contribution in [3.8, 4) is 5.75 Å². The van der Waals surface area contributed by atoms with Gasteiger partial charge in [0.25, 0.3) is 0 Å². The summed E-state index contributed by atoms with van der Waals surface area (Å²) in [6, 6.07) is 13.5. The van der Waals surface area contributed by atoms with Gasteiger partial charge in [0.05, 0.1) is 22.3 Å². The molecule has 0 radical (unpaired) electrons. The fourth-order valence-electron chi connectivity index (χ4n) is 2.38.